The highest BCUT2D eigenvalue weighted by molar-refractivity contribution is 6.19. The van der Waals surface area contributed by atoms with E-state index in [1.54, 1.807) is 42.0 Å². The quantitative estimate of drug-likeness (QED) is 0.119. The second kappa shape index (κ2) is 14.3. The monoisotopic (exact) mass is 735 g/mol. The zero-order valence-electron chi connectivity index (χ0n) is 33.2. The molecule has 0 atom stereocenters. The number of carboxylic acid groups (broad SMARTS) is 1. The number of carbonyl (C=O) groups is 2. The van der Waals surface area contributed by atoms with Crippen LogP contribution in [0.2, 0.25) is 0 Å². The fourth-order valence-corrected chi connectivity index (χ4v) is 9.03. The van der Waals surface area contributed by atoms with E-state index in [9.17, 15) is 14.7 Å². The molecule has 8 rings (SSSR count). The number of carboxylic acids is 1. The molecular weight excluding hydrogens is 687 g/mol. The molecule has 0 saturated carbocycles. The second-order valence-corrected chi connectivity index (χ2v) is 17.2. The largest absolute Gasteiger partial charge is 0.478 e. The van der Waals surface area contributed by atoms with Gasteiger partial charge in [0.05, 0.1) is 5.56 Å². The van der Waals surface area contributed by atoms with Gasteiger partial charge in [-0.15, -0.1) is 0 Å². The lowest BCUT2D eigenvalue weighted by Gasteiger charge is -2.40. The first-order chi connectivity index (χ1) is 26.8. The summed E-state index contributed by atoms with van der Waals surface area (Å²) in [6, 6.07) is 37.0. The minimum Gasteiger partial charge on any atom is -0.478 e. The molecule has 280 valence electrons. The van der Waals surface area contributed by atoms with Gasteiger partial charge in [-0.2, -0.15) is 0 Å². The van der Waals surface area contributed by atoms with E-state index < -0.39 is 5.97 Å². The molecule has 0 heterocycles. The third kappa shape index (κ3) is 7.01. The van der Waals surface area contributed by atoms with Gasteiger partial charge in [-0.3, -0.25) is 4.79 Å². The van der Waals surface area contributed by atoms with Crippen LogP contribution < -0.4 is 4.90 Å². The van der Waals surface area contributed by atoms with Crippen LogP contribution in [0, 0.1) is 5.41 Å². The molecule has 0 aromatic heterocycles. The number of ketones is 1. The maximum atomic E-state index is 14.4. The summed E-state index contributed by atoms with van der Waals surface area (Å²) < 4.78 is 0. The maximum Gasteiger partial charge on any atom is 0.335 e. The normalized spacial score (nSPS) is 15.6. The number of aromatic carboxylic acids is 1. The number of hydrogen-bond donors (Lipinski definition) is 1. The number of benzene rings is 6. The number of hydrogen-bond acceptors (Lipinski definition) is 3. The summed E-state index contributed by atoms with van der Waals surface area (Å²) in [5.41, 5.74) is 13.1. The Morgan fingerprint density at radius 2 is 1.48 bits per heavy atom. The second-order valence-electron chi connectivity index (χ2n) is 17.2. The number of carbonyl (C=O) groups excluding carboxylic acids is 1. The first kappa shape index (κ1) is 36.9. The molecule has 56 heavy (non-hydrogen) atoms. The van der Waals surface area contributed by atoms with Crippen LogP contribution in [0.25, 0.3) is 44.3 Å². The Hall–Kier alpha value is -6.00. The third-order valence-corrected chi connectivity index (χ3v) is 11.8. The van der Waals surface area contributed by atoms with Gasteiger partial charge in [-0.25, -0.2) is 4.79 Å². The van der Waals surface area contributed by atoms with Crippen molar-refractivity contribution >= 4 is 50.6 Å². The van der Waals surface area contributed by atoms with Crippen molar-refractivity contribution < 1.29 is 14.7 Å². The summed E-state index contributed by atoms with van der Waals surface area (Å²) in [6.45, 7) is 9.50. The van der Waals surface area contributed by atoms with Crippen LogP contribution in [0.3, 0.4) is 0 Å². The molecule has 0 spiro atoms. The molecule has 4 nitrogen and oxygen atoms in total. The zero-order valence-corrected chi connectivity index (χ0v) is 33.2. The highest BCUT2D eigenvalue weighted by Gasteiger charge is 2.37. The summed E-state index contributed by atoms with van der Waals surface area (Å²) in [7, 11) is 4.14. The fourth-order valence-electron chi connectivity index (χ4n) is 9.03. The molecule has 4 heteroatoms. The Balaban J connectivity index is 1.30. The Morgan fingerprint density at radius 1 is 0.768 bits per heavy atom. The van der Waals surface area contributed by atoms with Gasteiger partial charge in [-0.05, 0) is 139 Å². The van der Waals surface area contributed by atoms with Gasteiger partial charge in [0.2, 0.25) is 0 Å². The van der Waals surface area contributed by atoms with E-state index in [0.717, 1.165) is 53.1 Å². The predicted octanol–water partition coefficient (Wildman–Crippen LogP) is 12.5. The third-order valence-electron chi connectivity index (χ3n) is 11.8. The van der Waals surface area contributed by atoms with E-state index in [0.29, 0.717) is 5.56 Å². The fraction of sp³-hybridized carbons (Fsp3) is 0.231. The Morgan fingerprint density at radius 3 is 2.21 bits per heavy atom. The van der Waals surface area contributed by atoms with E-state index in [1.807, 2.05) is 18.2 Å². The van der Waals surface area contributed by atoms with Crippen LogP contribution in [-0.4, -0.2) is 31.0 Å². The van der Waals surface area contributed by atoms with Crippen LogP contribution >= 0.6 is 0 Å². The number of anilines is 1. The van der Waals surface area contributed by atoms with Crippen molar-refractivity contribution in [3.8, 4) is 11.1 Å². The topological polar surface area (TPSA) is 57.6 Å². The highest BCUT2D eigenvalue weighted by atomic mass is 16.4. The highest BCUT2D eigenvalue weighted by Crippen LogP contribution is 2.52. The van der Waals surface area contributed by atoms with Crippen molar-refractivity contribution in [3.05, 3.63) is 172 Å². The molecule has 0 fully saturated rings. The van der Waals surface area contributed by atoms with Crippen LogP contribution in [0.5, 0.6) is 0 Å². The van der Waals surface area contributed by atoms with Gasteiger partial charge in [0, 0.05) is 25.3 Å². The Labute approximate surface area is 330 Å². The molecule has 2 aliphatic rings. The average Bonchev–Trinajstić information content (AvgIpc) is 3.17. The smallest absolute Gasteiger partial charge is 0.335 e. The molecule has 0 aliphatic heterocycles. The van der Waals surface area contributed by atoms with Crippen LogP contribution in [0.4, 0.5) is 5.69 Å². The average molecular weight is 736 g/mol. The van der Waals surface area contributed by atoms with Crippen molar-refractivity contribution in [2.45, 2.75) is 58.8 Å². The number of nitrogens with zero attached hydrogens (tertiary/aromatic N) is 1. The van der Waals surface area contributed by atoms with Gasteiger partial charge in [0.15, 0.2) is 5.78 Å². The molecule has 0 saturated heterocycles. The van der Waals surface area contributed by atoms with E-state index in [4.69, 9.17) is 0 Å². The summed E-state index contributed by atoms with van der Waals surface area (Å²) in [5, 5.41) is 13.8. The molecule has 0 amide bonds. The van der Waals surface area contributed by atoms with Gasteiger partial charge in [-0.1, -0.05) is 130 Å². The molecule has 6 aromatic rings. The summed E-state index contributed by atoms with van der Waals surface area (Å²) in [6.07, 6.45) is 12.0. The first-order valence-electron chi connectivity index (χ1n) is 19.6. The number of rotatable bonds is 9. The molecule has 0 unspecified atom stereocenters. The van der Waals surface area contributed by atoms with Gasteiger partial charge >= 0.3 is 5.97 Å². The molecule has 1 N–H and O–H groups in total. The minimum absolute atomic E-state index is 0.0594. The standard InChI is InChI=1S/C52H49NO3/c1-51(2)28-27-42-40(31-51)32-52(3,4)49-45(42)25-21-38-30-39(29-37(47(38)49)19-13-34-14-22-41(23-15-34)53(5)6)44-24-20-35-9-7-8-10-43(35)48(44)46(54)26-16-33-11-17-36(18-12-33)50(55)56/h7-12,14-18,20-30H,13,19,31-32H2,1-6H3,(H,55,56). The van der Waals surface area contributed by atoms with Gasteiger partial charge in [0.1, 0.15) is 0 Å². The maximum absolute atomic E-state index is 14.4. The first-order valence-corrected chi connectivity index (χ1v) is 19.6. The van der Waals surface area contributed by atoms with E-state index >= 15 is 0 Å². The SMILES string of the molecule is CN(C)c1ccc(CCc2cc(-c3ccc4ccccc4c3C(=O)C=Cc3ccc(C(=O)O)cc3)cc3ccc4c(c23)C(C)(C)CC2=C4C=CC(C)(C)C2)cc1. The van der Waals surface area contributed by atoms with Crippen LogP contribution in [-0.2, 0) is 18.3 Å². The lowest BCUT2D eigenvalue weighted by Crippen LogP contribution is -2.28. The van der Waals surface area contributed by atoms with Crippen molar-refractivity contribution in [1.29, 1.82) is 0 Å². The molecule has 0 bridgehead atoms. The van der Waals surface area contributed by atoms with Gasteiger partial charge in [0.25, 0.3) is 0 Å². The Kier molecular flexibility index (Phi) is 9.40. The van der Waals surface area contributed by atoms with E-state index in [1.165, 1.54) is 44.3 Å². The lowest BCUT2D eigenvalue weighted by molar-refractivity contribution is 0.0696. The minimum atomic E-state index is -0.977. The summed E-state index contributed by atoms with van der Waals surface area (Å²) in [4.78, 5) is 27.9. The van der Waals surface area contributed by atoms with Crippen molar-refractivity contribution in [1.82, 2.24) is 0 Å². The van der Waals surface area contributed by atoms with Crippen molar-refractivity contribution in [2.75, 3.05) is 19.0 Å². The number of allylic oxidation sites excluding steroid dienone is 5. The van der Waals surface area contributed by atoms with Crippen molar-refractivity contribution in [3.63, 3.8) is 0 Å². The summed E-state index contributed by atoms with van der Waals surface area (Å²) in [5.74, 6) is -1.07. The molecule has 2 aliphatic carbocycles. The van der Waals surface area contributed by atoms with Gasteiger partial charge < -0.3 is 10.0 Å². The van der Waals surface area contributed by atoms with Crippen molar-refractivity contribution in [2.24, 2.45) is 5.41 Å². The predicted molar refractivity (Wildman–Crippen MR) is 234 cm³/mol. The molecular formula is C52H49NO3. The number of aryl methyl sites for hydroxylation is 2. The molecule has 6 aromatic carbocycles. The molecule has 0 radical (unpaired) electrons. The van der Waals surface area contributed by atoms with E-state index in [-0.39, 0.29) is 22.2 Å². The van der Waals surface area contributed by atoms with Crippen LogP contribution in [0.1, 0.15) is 89.1 Å². The van der Waals surface area contributed by atoms with E-state index in [2.05, 4.69) is 126 Å². The lowest BCUT2D eigenvalue weighted by atomic mass is 9.63. The zero-order chi connectivity index (χ0) is 39.4. The van der Waals surface area contributed by atoms with Crippen LogP contribution in [0.15, 0.2) is 133 Å². The summed E-state index contributed by atoms with van der Waals surface area (Å²) >= 11 is 0. The Bertz CT molecular complexity index is 2630. The number of fused-ring (bicyclic) bond motifs is 5.